The predicted octanol–water partition coefficient (Wildman–Crippen LogP) is 5.72. The van der Waals surface area contributed by atoms with Gasteiger partial charge in [0, 0.05) is 40.1 Å². The van der Waals surface area contributed by atoms with Gasteiger partial charge in [0.05, 0.1) is 6.61 Å². The molecule has 3 aliphatic rings. The van der Waals surface area contributed by atoms with E-state index in [-0.39, 0.29) is 63.2 Å². The number of fused-ring (bicyclic) bond motifs is 1. The molecular weight excluding hydrogens is 1010 g/mol. The Kier molecular flexibility index (Phi) is 21.1. The average Bonchev–Trinajstić information content (AvgIpc) is 3.74. The van der Waals surface area contributed by atoms with E-state index in [1.54, 1.807) is 12.3 Å². The summed E-state index contributed by atoms with van der Waals surface area (Å²) in [5, 5.41) is 4.94. The number of rotatable bonds is 13. The van der Waals surface area contributed by atoms with E-state index in [9.17, 15) is 28.8 Å². The molecule has 2 amide bonds. The van der Waals surface area contributed by atoms with E-state index < -0.39 is 89.5 Å². The normalized spacial score (nSPS) is 24.8. The summed E-state index contributed by atoms with van der Waals surface area (Å²) in [5.74, 6) is -1.66. The molecule has 69 heavy (non-hydrogen) atoms. The van der Waals surface area contributed by atoms with Crippen LogP contribution in [0.15, 0.2) is 34.1 Å². The summed E-state index contributed by atoms with van der Waals surface area (Å²) in [4.78, 5) is 79.0. The van der Waals surface area contributed by atoms with Crippen LogP contribution in [0.25, 0.3) is 0 Å². The van der Waals surface area contributed by atoms with Crippen molar-refractivity contribution in [1.29, 1.82) is 0 Å². The number of thiocarbonyl (C=S) groups is 2. The van der Waals surface area contributed by atoms with Crippen LogP contribution in [0.2, 0.25) is 22.2 Å². The number of carbonyl (C=O) groups excluding carboxylic acids is 4. The van der Waals surface area contributed by atoms with E-state index in [0.29, 0.717) is 4.38 Å². The summed E-state index contributed by atoms with van der Waals surface area (Å²) in [7, 11) is -5.74. The van der Waals surface area contributed by atoms with Crippen molar-refractivity contribution in [1.82, 2.24) is 19.1 Å². The number of amides is 2. The molecule has 5 heterocycles. The zero-order chi connectivity index (χ0) is 51.7. The summed E-state index contributed by atoms with van der Waals surface area (Å²) in [6.45, 7) is 22.3. The predicted molar refractivity (Wildman–Crippen MR) is 271 cm³/mol. The first kappa shape index (κ1) is 57.9. The Hall–Kier alpha value is -3.65. The number of hydrogen-bond acceptors (Lipinski definition) is 21. The minimum Gasteiger partial charge on any atom is -0.468 e. The lowest BCUT2D eigenvalue weighted by molar-refractivity contribution is -0.157. The van der Waals surface area contributed by atoms with Crippen molar-refractivity contribution in [3.05, 3.63) is 45.5 Å². The number of thioether (sulfide) groups is 2. The van der Waals surface area contributed by atoms with Crippen LogP contribution in [-0.4, -0.2) is 131 Å². The molecule has 3 fully saturated rings. The third-order valence-corrected chi connectivity index (χ3v) is 23.6. The molecule has 5 rings (SSSR count). The topological polar surface area (TPSA) is 245 Å². The number of esters is 2. The molecule has 0 aliphatic carbocycles. The lowest BCUT2D eigenvalue weighted by Gasteiger charge is -2.51. The second-order valence-corrected chi connectivity index (χ2v) is 29.2. The van der Waals surface area contributed by atoms with Crippen LogP contribution in [0.3, 0.4) is 0 Å². The highest BCUT2D eigenvalue weighted by atomic mass is 32.2. The quantitative estimate of drug-likeness (QED) is 0.138. The van der Waals surface area contributed by atoms with Crippen LogP contribution in [0.5, 0.6) is 0 Å². The van der Waals surface area contributed by atoms with E-state index >= 15 is 0 Å². The van der Waals surface area contributed by atoms with E-state index in [2.05, 4.69) is 76.0 Å². The minimum absolute atomic E-state index is 0.0619. The largest absolute Gasteiger partial charge is 0.468 e. The van der Waals surface area contributed by atoms with Crippen LogP contribution in [0.4, 0.5) is 11.6 Å². The lowest BCUT2D eigenvalue weighted by Crippen LogP contribution is -2.66. The Bertz CT molecular complexity index is 2290. The lowest BCUT2D eigenvalue weighted by atomic mass is 10.1. The van der Waals surface area contributed by atoms with Crippen molar-refractivity contribution in [2.75, 3.05) is 36.4 Å². The highest BCUT2D eigenvalue weighted by Crippen LogP contribution is 2.49. The van der Waals surface area contributed by atoms with Gasteiger partial charge in [0.1, 0.15) is 36.6 Å². The smallest absolute Gasteiger partial charge is 0.351 e. The number of ether oxygens (including phenoxy) is 6. The molecular formula is C42H64N6O15S4Si2. The van der Waals surface area contributed by atoms with Crippen LogP contribution >= 0.6 is 48.0 Å². The van der Waals surface area contributed by atoms with Gasteiger partial charge in [0.2, 0.25) is 20.6 Å². The van der Waals surface area contributed by atoms with Crippen molar-refractivity contribution < 1.29 is 60.6 Å². The number of anilines is 2. The van der Waals surface area contributed by atoms with Gasteiger partial charge in [-0.3, -0.25) is 28.3 Å². The van der Waals surface area contributed by atoms with Crippen LogP contribution < -0.4 is 22.0 Å². The molecule has 0 radical (unpaired) electrons. The monoisotopic (exact) mass is 1080 g/mol. The summed E-state index contributed by atoms with van der Waals surface area (Å²) < 4.78 is 58.9. The molecule has 0 aromatic carbocycles. The van der Waals surface area contributed by atoms with Gasteiger partial charge in [-0.05, 0) is 71.2 Å². The molecule has 2 N–H and O–H groups in total. The molecule has 0 bridgehead atoms. The van der Waals surface area contributed by atoms with Crippen molar-refractivity contribution in [2.24, 2.45) is 0 Å². The molecule has 3 aliphatic heterocycles. The van der Waals surface area contributed by atoms with Crippen molar-refractivity contribution in [3.8, 4) is 0 Å². The van der Waals surface area contributed by atoms with E-state index in [4.69, 9.17) is 65.8 Å². The number of aromatic nitrogens is 4. The highest BCUT2D eigenvalue weighted by Gasteiger charge is 2.62. The third-order valence-electron chi connectivity index (χ3n) is 11.3. The summed E-state index contributed by atoms with van der Waals surface area (Å²) in [5.41, 5.74) is -0.752. The second-order valence-electron chi connectivity index (χ2n) is 17.5. The molecule has 384 valence electrons. The van der Waals surface area contributed by atoms with Gasteiger partial charge in [0.15, 0.2) is 30.8 Å². The van der Waals surface area contributed by atoms with Crippen molar-refractivity contribution in [3.63, 3.8) is 0 Å². The number of carbonyl (C=O) groups is 4. The molecule has 3 saturated heterocycles. The first-order valence-corrected chi connectivity index (χ1v) is 29.4. The van der Waals surface area contributed by atoms with Gasteiger partial charge in [-0.2, -0.15) is 9.97 Å². The fourth-order valence-corrected chi connectivity index (χ4v) is 20.1. The number of nitrogens with one attached hydrogen (secondary N) is 2. The van der Waals surface area contributed by atoms with E-state index in [0.717, 1.165) is 16.3 Å². The summed E-state index contributed by atoms with van der Waals surface area (Å²) in [6.07, 6.45) is -0.360. The third kappa shape index (κ3) is 14.3. The SMILES string of the molecule is CSC(=S)OC1[C@@H](OC(C)=O)[C@@H](COC(C)=O)O[C@H]1n1ccc(NC(C)=O)nc1=O.CSC(=S)OC1[C@H]2O[Si](C(C)C)(C(C)C)O[Si](C(C)C)(C(C)C)OC[C@H]2O[C@H]1n1ccc(NC(C)=O)nc1=O. The van der Waals surface area contributed by atoms with Crippen molar-refractivity contribution in [2.45, 2.75) is 154 Å². The number of nitrogens with zero attached hydrogens (tertiary/aromatic N) is 4. The van der Waals surface area contributed by atoms with E-state index in [1.165, 1.54) is 62.5 Å². The Morgan fingerprint density at radius 1 is 0.710 bits per heavy atom. The molecule has 21 nitrogen and oxygen atoms in total. The molecule has 0 saturated carbocycles. The average molecular weight is 1080 g/mol. The van der Waals surface area contributed by atoms with Gasteiger partial charge in [-0.25, -0.2) is 9.59 Å². The summed E-state index contributed by atoms with van der Waals surface area (Å²) in [6, 6.07) is 2.95. The first-order chi connectivity index (χ1) is 32.3. The molecule has 2 unspecified atom stereocenters. The van der Waals surface area contributed by atoms with Gasteiger partial charge in [-0.1, -0.05) is 78.9 Å². The molecule has 2 aromatic heterocycles. The van der Waals surface area contributed by atoms with Gasteiger partial charge in [0.25, 0.3) is 0 Å². The van der Waals surface area contributed by atoms with Gasteiger partial charge < -0.3 is 52.0 Å². The molecule has 8 atom stereocenters. The fourth-order valence-electron chi connectivity index (χ4n) is 8.23. The van der Waals surface area contributed by atoms with Gasteiger partial charge >= 0.3 is 40.4 Å². The number of hydrogen-bond donors (Lipinski definition) is 2. The van der Waals surface area contributed by atoms with Crippen LogP contribution in [0, 0.1) is 0 Å². The van der Waals surface area contributed by atoms with Crippen LogP contribution in [0.1, 0.15) is 95.5 Å². The maximum absolute atomic E-state index is 13.1. The standard InChI is InChI=1S/C25H43N3O7S2Si2.C17H21N3O8S2/c1-14(2)38(15(3)4)31-13-19-21(34-39(35-38,16(5)6)17(7)8)22(33-25(36)37-10)23(32-19)28-12-11-20(26-18(9)29)27-24(28)30;1-8(21)18-12-5-6-20(16(24)19-12)15-14(28-17(29)30-4)13(26-10(3)23)11(27-15)7-25-9(2)22/h11-12,14-17,19,21-23H,13H2,1-10H3,(H,26,27,29,30);5-6,11,13-15H,7H2,1-4H3,(H,18,19,21,24)/t19-,21+,22?,23-;11-,13+,14?,15-/m11/s1. The second kappa shape index (κ2) is 25.1. The Morgan fingerprint density at radius 3 is 1.58 bits per heavy atom. The Balaban J connectivity index is 0.000000311. The minimum atomic E-state index is -2.97. The fraction of sp³-hybridized carbons (Fsp3) is 0.667. The first-order valence-electron chi connectivity index (χ1n) is 22.2. The van der Waals surface area contributed by atoms with Crippen molar-refractivity contribution >= 4 is 109 Å². The van der Waals surface area contributed by atoms with E-state index in [1.807, 2.05) is 6.26 Å². The summed E-state index contributed by atoms with van der Waals surface area (Å²) >= 11 is 13.0. The maximum Gasteiger partial charge on any atom is 0.351 e. The Morgan fingerprint density at radius 2 is 1.17 bits per heavy atom. The highest BCUT2D eigenvalue weighted by molar-refractivity contribution is 8.22. The molecule has 2 aromatic rings. The van der Waals surface area contributed by atoms with Gasteiger partial charge in [-0.15, -0.1) is 0 Å². The molecule has 0 spiro atoms. The maximum atomic E-state index is 13.1. The van der Waals surface area contributed by atoms with Crippen LogP contribution in [-0.2, 0) is 60.6 Å². The zero-order valence-corrected chi connectivity index (χ0v) is 46.5. The molecule has 27 heteroatoms. The Labute approximate surface area is 422 Å². The zero-order valence-electron chi connectivity index (χ0n) is 41.2.